The van der Waals surface area contributed by atoms with Crippen LogP contribution in [0.25, 0.3) is 21.3 Å². The predicted octanol–water partition coefficient (Wildman–Crippen LogP) is 8.59. The summed E-state index contributed by atoms with van der Waals surface area (Å²) in [6, 6.07) is 18.0. The molecule has 0 N–H and O–H groups in total. The molecule has 0 bridgehead atoms. The summed E-state index contributed by atoms with van der Waals surface area (Å²) in [6.45, 7) is 5.18. The molecule has 0 spiro atoms. The van der Waals surface area contributed by atoms with Crippen molar-refractivity contribution in [3.05, 3.63) is 81.0 Å². The minimum absolute atomic E-state index is 0.0550. The van der Waals surface area contributed by atoms with Crippen molar-refractivity contribution in [1.29, 1.82) is 0 Å². The van der Waals surface area contributed by atoms with Crippen LogP contribution < -0.4 is 5.56 Å². The molecular formula is C33H38N2O2S2. The van der Waals surface area contributed by atoms with E-state index < -0.39 is 0 Å². The molecule has 204 valence electrons. The fourth-order valence-corrected chi connectivity index (χ4v) is 7.80. The van der Waals surface area contributed by atoms with Crippen LogP contribution in [0.1, 0.15) is 79.6 Å². The molecule has 0 fully saturated rings. The molecule has 0 aliphatic heterocycles. The summed E-state index contributed by atoms with van der Waals surface area (Å²) in [5.74, 6) is 0.969. The number of fused-ring (bicyclic) bond motifs is 3. The van der Waals surface area contributed by atoms with E-state index in [0.29, 0.717) is 23.2 Å². The maximum atomic E-state index is 13.8. The Morgan fingerprint density at radius 2 is 1.72 bits per heavy atom. The standard InChI is InChI=1S/C33H38N2O2S2/c1-3-4-5-6-7-11-20-35-32(37)30-27-19-14-23(2)21-29(27)39-31(30)34-33(35)38-22-28(36)26-17-15-25(16-18-26)24-12-9-8-10-13-24/h8-10,12-13,15-18,23H,3-7,11,14,19-22H2,1-2H3/t23-/m0/s1. The van der Waals surface area contributed by atoms with Crippen LogP contribution in [0.4, 0.5) is 0 Å². The van der Waals surface area contributed by atoms with Gasteiger partial charge in [-0.05, 0) is 48.3 Å². The third-order valence-electron chi connectivity index (χ3n) is 7.76. The molecule has 6 heteroatoms. The highest BCUT2D eigenvalue weighted by molar-refractivity contribution is 7.99. The molecule has 0 saturated heterocycles. The second kappa shape index (κ2) is 13.1. The van der Waals surface area contributed by atoms with Crippen molar-refractivity contribution in [2.75, 3.05) is 5.75 Å². The number of rotatable bonds is 12. The van der Waals surface area contributed by atoms with Gasteiger partial charge in [-0.3, -0.25) is 14.2 Å². The fraction of sp³-hybridized carbons (Fsp3) is 0.424. The first-order valence-electron chi connectivity index (χ1n) is 14.4. The Bertz CT molecular complexity index is 1470. The summed E-state index contributed by atoms with van der Waals surface area (Å²) in [5.41, 5.74) is 4.23. The molecule has 1 atom stereocenters. The molecule has 0 saturated carbocycles. The van der Waals surface area contributed by atoms with Crippen LogP contribution in [0.5, 0.6) is 0 Å². The first kappa shape index (κ1) is 27.9. The average molecular weight is 559 g/mol. The second-order valence-electron chi connectivity index (χ2n) is 10.8. The number of ketones is 1. The maximum absolute atomic E-state index is 13.8. The van der Waals surface area contributed by atoms with Crippen molar-refractivity contribution in [2.45, 2.75) is 83.3 Å². The van der Waals surface area contributed by atoms with Crippen LogP contribution >= 0.6 is 23.1 Å². The van der Waals surface area contributed by atoms with Crippen LogP contribution in [0, 0.1) is 5.92 Å². The van der Waals surface area contributed by atoms with Crippen LogP contribution in [0.15, 0.2) is 64.5 Å². The minimum atomic E-state index is 0.0550. The normalized spacial score (nSPS) is 15.0. The number of aryl methyl sites for hydroxylation is 1. The first-order valence-corrected chi connectivity index (χ1v) is 16.2. The topological polar surface area (TPSA) is 52.0 Å². The number of Topliss-reactive ketones (excluding diaryl/α,β-unsaturated/α-hetero) is 1. The van der Waals surface area contributed by atoms with Gasteiger partial charge in [0, 0.05) is 17.0 Å². The van der Waals surface area contributed by atoms with Gasteiger partial charge in [0.15, 0.2) is 10.9 Å². The summed E-state index contributed by atoms with van der Waals surface area (Å²) in [4.78, 5) is 34.2. The van der Waals surface area contributed by atoms with Gasteiger partial charge < -0.3 is 0 Å². The lowest BCUT2D eigenvalue weighted by Crippen LogP contribution is -2.24. The molecule has 2 aromatic carbocycles. The number of nitrogens with zero attached hydrogens (tertiary/aromatic N) is 2. The quantitative estimate of drug-likeness (QED) is 0.0756. The van der Waals surface area contributed by atoms with Gasteiger partial charge in [-0.25, -0.2) is 4.98 Å². The average Bonchev–Trinajstić information content (AvgIpc) is 3.32. The number of carbonyl (C=O) groups is 1. The number of thioether (sulfide) groups is 1. The van der Waals surface area contributed by atoms with Gasteiger partial charge in [0.1, 0.15) is 4.83 Å². The summed E-state index contributed by atoms with van der Waals surface area (Å²) in [5, 5.41) is 1.52. The highest BCUT2D eigenvalue weighted by Gasteiger charge is 2.25. The SMILES string of the molecule is CCCCCCCCn1c(SCC(=O)c2ccc(-c3ccccc3)cc2)nc2sc3c(c2c1=O)CC[C@H](C)C3. The number of benzene rings is 2. The van der Waals surface area contributed by atoms with E-state index in [4.69, 9.17) is 4.98 Å². The number of hydrogen-bond acceptors (Lipinski definition) is 5. The summed E-state index contributed by atoms with van der Waals surface area (Å²) >= 11 is 3.09. The Morgan fingerprint density at radius 3 is 2.49 bits per heavy atom. The van der Waals surface area contributed by atoms with Gasteiger partial charge in [-0.15, -0.1) is 11.3 Å². The zero-order valence-electron chi connectivity index (χ0n) is 23.1. The Hall–Kier alpha value is -2.70. The van der Waals surface area contributed by atoms with Crippen LogP contribution in [0.2, 0.25) is 0 Å². The van der Waals surface area contributed by atoms with E-state index in [1.54, 1.807) is 11.3 Å². The lowest BCUT2D eigenvalue weighted by molar-refractivity contribution is 0.102. The predicted molar refractivity (Wildman–Crippen MR) is 165 cm³/mol. The molecule has 1 aliphatic carbocycles. The smallest absolute Gasteiger partial charge is 0.263 e. The van der Waals surface area contributed by atoms with Gasteiger partial charge in [0.2, 0.25) is 0 Å². The zero-order valence-corrected chi connectivity index (χ0v) is 24.7. The van der Waals surface area contributed by atoms with E-state index in [9.17, 15) is 9.59 Å². The van der Waals surface area contributed by atoms with Crippen molar-refractivity contribution < 1.29 is 4.79 Å². The van der Waals surface area contributed by atoms with E-state index in [0.717, 1.165) is 53.4 Å². The van der Waals surface area contributed by atoms with Crippen LogP contribution in [0.3, 0.4) is 0 Å². The van der Waals surface area contributed by atoms with Gasteiger partial charge in [0.05, 0.1) is 11.1 Å². The largest absolute Gasteiger partial charge is 0.293 e. The molecular weight excluding hydrogens is 521 g/mol. The lowest BCUT2D eigenvalue weighted by atomic mass is 9.89. The van der Waals surface area contributed by atoms with Crippen LogP contribution in [-0.4, -0.2) is 21.1 Å². The van der Waals surface area contributed by atoms with Gasteiger partial charge in [-0.2, -0.15) is 0 Å². The van der Waals surface area contributed by atoms with Gasteiger partial charge >= 0.3 is 0 Å². The summed E-state index contributed by atoms with van der Waals surface area (Å²) in [7, 11) is 0. The highest BCUT2D eigenvalue weighted by atomic mass is 32.2. The summed E-state index contributed by atoms with van der Waals surface area (Å²) < 4.78 is 1.86. The van der Waals surface area contributed by atoms with Crippen molar-refractivity contribution in [2.24, 2.45) is 5.92 Å². The summed E-state index contributed by atoms with van der Waals surface area (Å²) in [6.07, 6.45) is 10.1. The monoisotopic (exact) mass is 558 g/mol. The number of carbonyl (C=O) groups excluding carboxylic acids is 1. The fourth-order valence-electron chi connectivity index (χ4n) is 5.45. The van der Waals surface area contributed by atoms with Gasteiger partial charge in [0.25, 0.3) is 5.56 Å². The molecule has 0 unspecified atom stereocenters. The molecule has 4 nitrogen and oxygen atoms in total. The van der Waals surface area contributed by atoms with Gasteiger partial charge in [-0.1, -0.05) is 112 Å². The Labute approximate surface area is 239 Å². The molecule has 1 aliphatic rings. The van der Waals surface area contributed by atoms with Crippen LogP contribution in [-0.2, 0) is 19.4 Å². The van der Waals surface area contributed by atoms with E-state index in [1.807, 2.05) is 47.0 Å². The third-order valence-corrected chi connectivity index (χ3v) is 9.89. The molecule has 2 aromatic heterocycles. The maximum Gasteiger partial charge on any atom is 0.263 e. The second-order valence-corrected chi connectivity index (χ2v) is 12.8. The minimum Gasteiger partial charge on any atom is -0.293 e. The third kappa shape index (κ3) is 6.55. The number of thiophene rings is 1. The number of hydrogen-bond donors (Lipinski definition) is 0. The van der Waals surface area contributed by atoms with Crippen molar-refractivity contribution >= 4 is 39.1 Å². The Kier molecular flexibility index (Phi) is 9.36. The number of aromatic nitrogens is 2. The molecule has 2 heterocycles. The zero-order chi connectivity index (χ0) is 27.2. The Morgan fingerprint density at radius 1 is 1.00 bits per heavy atom. The molecule has 5 rings (SSSR count). The van der Waals surface area contributed by atoms with Crippen molar-refractivity contribution in [3.8, 4) is 11.1 Å². The lowest BCUT2D eigenvalue weighted by Gasteiger charge is -2.17. The molecule has 0 amide bonds. The van der Waals surface area contributed by atoms with E-state index in [1.165, 1.54) is 47.9 Å². The molecule has 39 heavy (non-hydrogen) atoms. The highest BCUT2D eigenvalue weighted by Crippen LogP contribution is 2.36. The van der Waals surface area contributed by atoms with E-state index in [-0.39, 0.29) is 17.1 Å². The van der Waals surface area contributed by atoms with Crippen molar-refractivity contribution in [3.63, 3.8) is 0 Å². The Balaban J connectivity index is 1.36. The van der Waals surface area contributed by atoms with Crippen molar-refractivity contribution in [1.82, 2.24) is 9.55 Å². The first-order chi connectivity index (χ1) is 19.0. The number of unbranched alkanes of at least 4 members (excludes halogenated alkanes) is 5. The van der Waals surface area contributed by atoms with E-state index >= 15 is 0 Å². The molecule has 0 radical (unpaired) electrons. The van der Waals surface area contributed by atoms with E-state index in [2.05, 4.69) is 26.0 Å². The molecule has 4 aromatic rings.